The molecule has 1 aliphatic carbocycles. The van der Waals surface area contributed by atoms with E-state index in [0.29, 0.717) is 11.7 Å². The number of benzene rings is 2. The second-order valence-corrected chi connectivity index (χ2v) is 9.50. The molecule has 1 aliphatic heterocycles. The quantitative estimate of drug-likeness (QED) is 0.534. The highest BCUT2D eigenvalue weighted by atomic mass is 35.5. The summed E-state index contributed by atoms with van der Waals surface area (Å²) in [4.78, 5) is 14.6. The Bertz CT molecular complexity index is 967. The minimum absolute atomic E-state index is 0.00237. The molecule has 0 aromatic heterocycles. The largest absolute Gasteiger partial charge is 0.489 e. The fraction of sp³-hybridized carbons (Fsp3) is 0.458. The SMILES string of the molecule is CSNC(=O)c1cc(C2CC2)c(OC2CCCN(Cc3ccc(C)c(Cl)c3)C2)cc1F. The number of hydrogen-bond donors (Lipinski definition) is 1. The van der Waals surface area contributed by atoms with Gasteiger partial charge in [-0.1, -0.05) is 35.7 Å². The van der Waals surface area contributed by atoms with Crippen molar-refractivity contribution >= 4 is 29.5 Å². The van der Waals surface area contributed by atoms with E-state index < -0.39 is 11.7 Å². The van der Waals surface area contributed by atoms with Crippen molar-refractivity contribution in [2.45, 2.75) is 51.2 Å². The van der Waals surface area contributed by atoms with Crippen molar-refractivity contribution in [3.8, 4) is 5.75 Å². The van der Waals surface area contributed by atoms with E-state index in [4.69, 9.17) is 16.3 Å². The summed E-state index contributed by atoms with van der Waals surface area (Å²) >= 11 is 7.45. The molecule has 7 heteroatoms. The number of aryl methyl sites for hydroxylation is 1. The Morgan fingerprint density at radius 3 is 2.81 bits per heavy atom. The molecule has 4 nitrogen and oxygen atoms in total. The monoisotopic (exact) mass is 462 g/mol. The summed E-state index contributed by atoms with van der Waals surface area (Å²) in [6.45, 7) is 4.61. The van der Waals surface area contributed by atoms with Crippen LogP contribution >= 0.6 is 23.5 Å². The zero-order valence-corrected chi connectivity index (χ0v) is 19.5. The van der Waals surface area contributed by atoms with Crippen LogP contribution < -0.4 is 9.46 Å². The number of amides is 1. The molecule has 1 saturated heterocycles. The summed E-state index contributed by atoms with van der Waals surface area (Å²) in [7, 11) is 0. The van der Waals surface area contributed by atoms with Gasteiger partial charge in [-0.05, 0) is 73.9 Å². The van der Waals surface area contributed by atoms with Gasteiger partial charge in [0, 0.05) is 30.4 Å². The standard InChI is InChI=1S/C24H28ClFN2O2S/c1-15-5-6-16(10-21(15)25)13-28-9-3-4-18(14-28)30-23-12-22(26)20(24(29)27-31-2)11-19(23)17-7-8-17/h5-6,10-12,17-18H,3-4,7-9,13-14H2,1-2H3,(H,27,29). The molecule has 0 bridgehead atoms. The van der Waals surface area contributed by atoms with Crippen LogP contribution in [0.3, 0.4) is 0 Å². The number of rotatable bonds is 7. The van der Waals surface area contributed by atoms with E-state index in [2.05, 4.69) is 21.8 Å². The van der Waals surface area contributed by atoms with Crippen molar-refractivity contribution in [2.75, 3.05) is 19.3 Å². The van der Waals surface area contributed by atoms with Crippen LogP contribution in [0.1, 0.15) is 58.6 Å². The number of carbonyl (C=O) groups is 1. The van der Waals surface area contributed by atoms with Crippen molar-refractivity contribution < 1.29 is 13.9 Å². The molecule has 2 aromatic carbocycles. The van der Waals surface area contributed by atoms with Crippen molar-refractivity contribution in [1.82, 2.24) is 9.62 Å². The van der Waals surface area contributed by atoms with Gasteiger partial charge >= 0.3 is 0 Å². The molecule has 2 aromatic rings. The molecular weight excluding hydrogens is 435 g/mol. The number of hydrogen-bond acceptors (Lipinski definition) is 4. The molecular formula is C24H28ClFN2O2S. The molecule has 1 unspecified atom stereocenters. The first-order valence-corrected chi connectivity index (χ1v) is 12.4. The number of nitrogens with one attached hydrogen (secondary N) is 1. The maximum atomic E-state index is 14.7. The molecule has 166 valence electrons. The Morgan fingerprint density at radius 1 is 1.29 bits per heavy atom. The van der Waals surface area contributed by atoms with Gasteiger partial charge in [-0.25, -0.2) is 4.39 Å². The summed E-state index contributed by atoms with van der Waals surface area (Å²) in [6, 6.07) is 9.28. The molecule has 0 spiro atoms. The number of ether oxygens (including phenoxy) is 1. The highest BCUT2D eigenvalue weighted by molar-refractivity contribution is 7.97. The van der Waals surface area contributed by atoms with Gasteiger partial charge in [-0.15, -0.1) is 0 Å². The van der Waals surface area contributed by atoms with E-state index in [9.17, 15) is 9.18 Å². The predicted octanol–water partition coefficient (Wildman–Crippen LogP) is 5.72. The molecule has 1 atom stereocenters. The minimum atomic E-state index is -0.534. The van der Waals surface area contributed by atoms with Crippen LogP contribution in [0.5, 0.6) is 5.75 Å². The van der Waals surface area contributed by atoms with E-state index in [1.807, 2.05) is 13.0 Å². The molecule has 4 rings (SSSR count). The topological polar surface area (TPSA) is 41.6 Å². The van der Waals surface area contributed by atoms with Crippen molar-refractivity contribution in [3.05, 3.63) is 63.4 Å². The van der Waals surface area contributed by atoms with Crippen molar-refractivity contribution in [1.29, 1.82) is 0 Å². The van der Waals surface area contributed by atoms with Crippen LogP contribution in [-0.2, 0) is 6.54 Å². The van der Waals surface area contributed by atoms with Crippen LogP contribution in [0.25, 0.3) is 0 Å². The molecule has 2 aliphatic rings. The Balaban J connectivity index is 1.47. The molecule has 1 heterocycles. The lowest BCUT2D eigenvalue weighted by molar-refractivity contribution is 0.0832. The summed E-state index contributed by atoms with van der Waals surface area (Å²) in [5, 5.41) is 0.789. The van der Waals surface area contributed by atoms with Gasteiger partial charge in [0.15, 0.2) is 0 Å². The molecule has 1 amide bonds. The average molecular weight is 463 g/mol. The number of piperidine rings is 1. The number of halogens is 2. The number of nitrogens with zero attached hydrogens (tertiary/aromatic N) is 1. The Morgan fingerprint density at radius 2 is 2.10 bits per heavy atom. The summed E-state index contributed by atoms with van der Waals surface area (Å²) in [5.74, 6) is 0.00344. The minimum Gasteiger partial charge on any atom is -0.489 e. The highest BCUT2D eigenvalue weighted by Crippen LogP contribution is 2.45. The average Bonchev–Trinajstić information content (AvgIpc) is 3.56. The zero-order chi connectivity index (χ0) is 22.0. The van der Waals surface area contributed by atoms with Gasteiger partial charge in [0.25, 0.3) is 5.91 Å². The smallest absolute Gasteiger partial charge is 0.264 e. The van der Waals surface area contributed by atoms with Gasteiger partial charge < -0.3 is 4.74 Å². The van der Waals surface area contributed by atoms with Gasteiger partial charge in [0.2, 0.25) is 0 Å². The van der Waals surface area contributed by atoms with Crippen LogP contribution in [0, 0.1) is 12.7 Å². The Hall–Kier alpha value is -1.76. The zero-order valence-electron chi connectivity index (χ0n) is 17.9. The van der Waals surface area contributed by atoms with E-state index in [1.54, 1.807) is 12.3 Å². The lowest BCUT2D eigenvalue weighted by atomic mass is 10.0. The van der Waals surface area contributed by atoms with Crippen LogP contribution in [0.15, 0.2) is 30.3 Å². The first kappa shape index (κ1) is 22.4. The summed E-state index contributed by atoms with van der Waals surface area (Å²) < 4.78 is 23.6. The van der Waals surface area contributed by atoms with Crippen molar-refractivity contribution in [3.63, 3.8) is 0 Å². The third-order valence-electron chi connectivity index (χ3n) is 5.95. The number of likely N-dealkylation sites (tertiary alicyclic amines) is 1. The van der Waals surface area contributed by atoms with Crippen molar-refractivity contribution in [2.24, 2.45) is 0 Å². The lowest BCUT2D eigenvalue weighted by Crippen LogP contribution is -2.40. The second kappa shape index (κ2) is 9.80. The maximum Gasteiger partial charge on any atom is 0.264 e. The van der Waals surface area contributed by atoms with Gasteiger partial charge in [0.05, 0.1) is 5.56 Å². The third-order valence-corrected chi connectivity index (χ3v) is 6.75. The van der Waals surface area contributed by atoms with E-state index in [-0.39, 0.29) is 11.7 Å². The molecule has 1 N–H and O–H groups in total. The normalized spacial score (nSPS) is 19.3. The van der Waals surface area contributed by atoms with E-state index >= 15 is 0 Å². The molecule has 1 saturated carbocycles. The third kappa shape index (κ3) is 5.54. The van der Waals surface area contributed by atoms with E-state index in [1.165, 1.54) is 23.6 Å². The summed E-state index contributed by atoms with van der Waals surface area (Å²) in [5.41, 5.74) is 3.31. The highest BCUT2D eigenvalue weighted by Gasteiger charge is 2.31. The lowest BCUT2D eigenvalue weighted by Gasteiger charge is -2.33. The Labute approximate surface area is 192 Å². The first-order chi connectivity index (χ1) is 14.9. The van der Waals surface area contributed by atoms with E-state index in [0.717, 1.165) is 61.5 Å². The predicted molar refractivity (Wildman–Crippen MR) is 124 cm³/mol. The fourth-order valence-corrected chi connectivity index (χ4v) is 4.63. The fourth-order valence-electron chi connectivity index (χ4n) is 4.13. The van der Waals surface area contributed by atoms with Crippen LogP contribution in [0.4, 0.5) is 4.39 Å². The van der Waals surface area contributed by atoms with Gasteiger partial charge in [-0.3, -0.25) is 14.4 Å². The Kier molecular flexibility index (Phi) is 7.09. The van der Waals surface area contributed by atoms with Gasteiger partial charge in [-0.2, -0.15) is 0 Å². The maximum absolute atomic E-state index is 14.7. The second-order valence-electron chi connectivity index (χ2n) is 8.48. The number of carbonyl (C=O) groups excluding carboxylic acids is 1. The molecule has 31 heavy (non-hydrogen) atoms. The van der Waals surface area contributed by atoms with Gasteiger partial charge in [0.1, 0.15) is 17.7 Å². The van der Waals surface area contributed by atoms with Crippen LogP contribution in [-0.4, -0.2) is 36.3 Å². The van der Waals surface area contributed by atoms with Crippen LogP contribution in [0.2, 0.25) is 5.02 Å². The molecule has 2 fully saturated rings. The molecule has 0 radical (unpaired) electrons. The first-order valence-electron chi connectivity index (χ1n) is 10.8. The summed E-state index contributed by atoms with van der Waals surface area (Å²) in [6.07, 6.45) is 5.81.